The highest BCUT2D eigenvalue weighted by Gasteiger charge is 2.51. The fourth-order valence-corrected chi connectivity index (χ4v) is 5.02. The molecule has 0 bridgehead atoms. The molecule has 2 fully saturated rings. The molecule has 4 amide bonds. The minimum absolute atomic E-state index is 0.0308. The Labute approximate surface area is 223 Å². The maximum Gasteiger partial charge on any atom is 0.334 e. The van der Waals surface area contributed by atoms with Crippen LogP contribution in [0, 0.1) is 11.7 Å². The molecule has 9 nitrogen and oxygen atoms in total. The summed E-state index contributed by atoms with van der Waals surface area (Å²) in [6.45, 7) is 7.63. The first kappa shape index (κ1) is 27.5. The molecule has 0 saturated carbocycles. The van der Waals surface area contributed by atoms with Crippen LogP contribution in [-0.4, -0.2) is 82.7 Å². The normalized spacial score (nSPS) is 20.2. The number of nitrogens with zero attached hydrogens (tertiary/aromatic N) is 4. The maximum atomic E-state index is 13.5. The van der Waals surface area contributed by atoms with E-state index in [4.69, 9.17) is 4.74 Å². The van der Waals surface area contributed by atoms with Crippen molar-refractivity contribution in [1.82, 2.24) is 25.1 Å². The quantitative estimate of drug-likeness (QED) is 0.509. The van der Waals surface area contributed by atoms with E-state index in [1.807, 2.05) is 51.1 Å². The monoisotopic (exact) mass is 525 g/mol. The molecule has 2 aliphatic rings. The van der Waals surface area contributed by atoms with Crippen molar-refractivity contribution in [1.29, 1.82) is 0 Å². The van der Waals surface area contributed by atoms with Crippen molar-refractivity contribution in [2.45, 2.75) is 46.1 Å². The number of rotatable bonds is 9. The van der Waals surface area contributed by atoms with E-state index in [-0.39, 0.29) is 49.3 Å². The number of halogens is 1. The van der Waals surface area contributed by atoms with Crippen LogP contribution in [0.4, 0.5) is 9.18 Å². The Morgan fingerprint density at radius 1 is 1.08 bits per heavy atom. The zero-order chi connectivity index (χ0) is 27.2. The van der Waals surface area contributed by atoms with Crippen LogP contribution in [0.2, 0.25) is 0 Å². The lowest BCUT2D eigenvalue weighted by Gasteiger charge is -2.55. The van der Waals surface area contributed by atoms with Crippen LogP contribution in [0.25, 0.3) is 0 Å². The van der Waals surface area contributed by atoms with Crippen LogP contribution in [-0.2, 0) is 27.5 Å². The molecule has 0 radical (unpaired) electrons. The van der Waals surface area contributed by atoms with Gasteiger partial charge in [0.25, 0.3) is 0 Å². The highest BCUT2D eigenvalue weighted by Crippen LogP contribution is 2.29. The third-order valence-electron chi connectivity index (χ3n) is 6.94. The van der Waals surface area contributed by atoms with Crippen LogP contribution in [0.5, 0.6) is 0 Å². The zero-order valence-electron chi connectivity index (χ0n) is 22.2. The van der Waals surface area contributed by atoms with E-state index in [2.05, 4.69) is 5.32 Å². The number of hydrazine groups is 1. The summed E-state index contributed by atoms with van der Waals surface area (Å²) in [5.74, 6) is -0.760. The van der Waals surface area contributed by atoms with Crippen molar-refractivity contribution >= 4 is 17.8 Å². The number of amides is 4. The number of nitrogens with one attached hydrogen (secondary N) is 1. The molecule has 2 aromatic rings. The van der Waals surface area contributed by atoms with Gasteiger partial charge in [0.15, 0.2) is 0 Å². The van der Waals surface area contributed by atoms with Gasteiger partial charge in [0.2, 0.25) is 11.8 Å². The highest BCUT2D eigenvalue weighted by molar-refractivity contribution is 5.91. The molecule has 2 atom stereocenters. The summed E-state index contributed by atoms with van der Waals surface area (Å²) in [5, 5.41) is 6.31. The first-order valence-corrected chi connectivity index (χ1v) is 13.1. The molecule has 0 aromatic heterocycles. The van der Waals surface area contributed by atoms with Gasteiger partial charge in [-0.05, 0) is 29.2 Å². The minimum Gasteiger partial charge on any atom is -0.375 e. The second-order valence-electron chi connectivity index (χ2n) is 9.90. The van der Waals surface area contributed by atoms with Gasteiger partial charge in [0, 0.05) is 19.6 Å². The van der Waals surface area contributed by atoms with Crippen LogP contribution >= 0.6 is 0 Å². The van der Waals surface area contributed by atoms with Crippen LogP contribution < -0.4 is 5.32 Å². The molecule has 2 saturated heterocycles. The van der Waals surface area contributed by atoms with Gasteiger partial charge in [0.05, 0.1) is 26.3 Å². The molecule has 2 aliphatic heterocycles. The predicted molar refractivity (Wildman–Crippen MR) is 140 cm³/mol. The Bertz CT molecular complexity index is 1110. The molecular formula is C28H36FN5O4. The molecule has 2 heterocycles. The van der Waals surface area contributed by atoms with E-state index in [0.29, 0.717) is 26.2 Å². The number of hydrogen-bond donors (Lipinski definition) is 1. The van der Waals surface area contributed by atoms with E-state index < -0.39 is 12.2 Å². The summed E-state index contributed by atoms with van der Waals surface area (Å²) >= 11 is 0. The fraction of sp³-hybridized carbons (Fsp3) is 0.464. The van der Waals surface area contributed by atoms with Gasteiger partial charge in [-0.3, -0.25) is 9.59 Å². The summed E-state index contributed by atoms with van der Waals surface area (Å²) in [4.78, 5) is 43.5. The minimum atomic E-state index is -0.679. The van der Waals surface area contributed by atoms with Gasteiger partial charge in [-0.2, -0.15) is 0 Å². The van der Waals surface area contributed by atoms with E-state index in [1.54, 1.807) is 32.0 Å². The number of likely N-dealkylation sites (N-methyl/N-ethyl adjacent to an activating group) is 1. The number of benzene rings is 2. The van der Waals surface area contributed by atoms with Crippen molar-refractivity contribution < 1.29 is 23.5 Å². The number of hydrogen-bond acceptors (Lipinski definition) is 5. The zero-order valence-corrected chi connectivity index (χ0v) is 22.2. The molecule has 204 valence electrons. The molecule has 1 N–H and O–H groups in total. The van der Waals surface area contributed by atoms with Gasteiger partial charge in [-0.25, -0.2) is 19.2 Å². The van der Waals surface area contributed by atoms with Gasteiger partial charge in [-0.15, -0.1) is 0 Å². The predicted octanol–water partition coefficient (Wildman–Crippen LogP) is 2.83. The first-order valence-electron chi connectivity index (χ1n) is 13.1. The lowest BCUT2D eigenvalue weighted by molar-refractivity contribution is -0.193. The Kier molecular flexibility index (Phi) is 8.96. The number of piperazine rings is 1. The molecule has 10 heteroatoms. The first-order chi connectivity index (χ1) is 18.3. The molecular weight excluding hydrogens is 489 g/mol. The average molecular weight is 526 g/mol. The molecule has 2 aromatic carbocycles. The molecule has 4 rings (SSSR count). The Morgan fingerprint density at radius 3 is 2.45 bits per heavy atom. The summed E-state index contributed by atoms with van der Waals surface area (Å²) in [7, 11) is 0. The third-order valence-corrected chi connectivity index (χ3v) is 6.94. The lowest BCUT2D eigenvalue weighted by atomic mass is 9.96. The molecule has 0 spiro atoms. The molecule has 0 unspecified atom stereocenters. The van der Waals surface area contributed by atoms with Crippen molar-refractivity contribution in [2.75, 3.05) is 32.8 Å². The second-order valence-corrected chi connectivity index (χ2v) is 9.90. The summed E-state index contributed by atoms with van der Waals surface area (Å²) in [6.07, 6.45) is -0.630. The number of fused-ring (bicyclic) bond motifs is 1. The van der Waals surface area contributed by atoms with Crippen molar-refractivity contribution in [3.05, 3.63) is 71.5 Å². The smallest absolute Gasteiger partial charge is 0.334 e. The van der Waals surface area contributed by atoms with Crippen molar-refractivity contribution in [3.8, 4) is 0 Å². The largest absolute Gasteiger partial charge is 0.375 e. The Morgan fingerprint density at radius 2 is 1.79 bits per heavy atom. The summed E-state index contributed by atoms with van der Waals surface area (Å²) in [6, 6.07) is 14.7. The van der Waals surface area contributed by atoms with Crippen LogP contribution in [0.15, 0.2) is 54.6 Å². The summed E-state index contributed by atoms with van der Waals surface area (Å²) in [5.41, 5.74) is 1.80. The fourth-order valence-electron chi connectivity index (χ4n) is 5.02. The third kappa shape index (κ3) is 6.14. The maximum absolute atomic E-state index is 13.5. The molecule has 0 aliphatic carbocycles. The standard InChI is InChI=1S/C28H36FN5O4/c1-4-32-18-25(35)33-24(34(32)28(37)30-16-21-8-6-5-7-9-21)17-31(27(36)26(33)20(2)3)14-15-38-19-22-10-12-23(29)13-11-22/h5-13,20,24,26H,4,14-19H2,1-3H3,(H,30,37)/t24-,26-/m0/s1. The summed E-state index contributed by atoms with van der Waals surface area (Å²) < 4.78 is 18.9. The highest BCUT2D eigenvalue weighted by atomic mass is 19.1. The van der Waals surface area contributed by atoms with E-state index in [0.717, 1.165) is 11.1 Å². The van der Waals surface area contributed by atoms with Crippen LogP contribution in [0.1, 0.15) is 31.9 Å². The number of carbonyl (C=O) groups is 3. The average Bonchev–Trinajstić information content (AvgIpc) is 2.91. The second kappa shape index (κ2) is 12.4. The number of carbonyl (C=O) groups excluding carboxylic acids is 3. The van der Waals surface area contributed by atoms with Crippen LogP contribution in [0.3, 0.4) is 0 Å². The van der Waals surface area contributed by atoms with E-state index >= 15 is 0 Å². The van der Waals surface area contributed by atoms with E-state index in [1.165, 1.54) is 12.1 Å². The lowest BCUT2D eigenvalue weighted by Crippen LogP contribution is -2.77. The van der Waals surface area contributed by atoms with Gasteiger partial charge in [-0.1, -0.05) is 63.2 Å². The van der Waals surface area contributed by atoms with E-state index in [9.17, 15) is 18.8 Å². The van der Waals surface area contributed by atoms with Crippen molar-refractivity contribution in [3.63, 3.8) is 0 Å². The van der Waals surface area contributed by atoms with Gasteiger partial charge in [0.1, 0.15) is 18.0 Å². The number of urea groups is 1. The topological polar surface area (TPSA) is 85.4 Å². The van der Waals surface area contributed by atoms with Gasteiger partial charge < -0.3 is 19.9 Å². The SMILES string of the molecule is CCN1CC(=O)N2[C@@H](C(C)C)C(=O)N(CCOCc3ccc(F)cc3)C[C@@H]2N1C(=O)NCc1ccccc1. The van der Waals surface area contributed by atoms with Gasteiger partial charge >= 0.3 is 6.03 Å². The Hall–Kier alpha value is -3.50. The molecule has 38 heavy (non-hydrogen) atoms. The van der Waals surface area contributed by atoms with Crippen molar-refractivity contribution in [2.24, 2.45) is 5.92 Å². The number of ether oxygens (including phenoxy) is 1. The Balaban J connectivity index is 1.49.